The first-order valence-corrected chi connectivity index (χ1v) is 21.2. The van der Waals surface area contributed by atoms with Crippen LogP contribution in [0.3, 0.4) is 0 Å². The van der Waals surface area contributed by atoms with Crippen LogP contribution in [0.4, 0.5) is 4.79 Å². The molecule has 5 heterocycles. The van der Waals surface area contributed by atoms with Gasteiger partial charge in [0, 0.05) is 68.2 Å². The number of hydrogen-bond acceptors (Lipinski definition) is 8. The molecule has 0 radical (unpaired) electrons. The molecule has 304 valence electrons. The molecule has 0 bridgehead atoms. The van der Waals surface area contributed by atoms with Gasteiger partial charge in [0.25, 0.3) is 5.56 Å². The molecular weight excluding hydrogens is 721 g/mol. The maximum absolute atomic E-state index is 14.4. The first-order chi connectivity index (χ1) is 27.7. The van der Waals surface area contributed by atoms with Crippen molar-refractivity contribution < 1.29 is 19.1 Å². The normalized spacial score (nSPS) is 20.2. The van der Waals surface area contributed by atoms with E-state index >= 15 is 0 Å². The quantitative estimate of drug-likeness (QED) is 0.227. The lowest BCUT2D eigenvalue weighted by atomic mass is 9.89. The number of ether oxygens (including phenoxy) is 1. The average Bonchev–Trinajstić information content (AvgIpc) is 3.66. The van der Waals surface area contributed by atoms with E-state index in [2.05, 4.69) is 38.3 Å². The fraction of sp³-hybridized carbons (Fsp3) is 0.568. The first-order valence-electron chi connectivity index (χ1n) is 21.2. The summed E-state index contributed by atoms with van der Waals surface area (Å²) in [5, 5.41) is 9.63. The van der Waals surface area contributed by atoms with Crippen molar-refractivity contribution in [1.29, 1.82) is 0 Å². The highest BCUT2D eigenvalue weighted by Gasteiger charge is 2.34. The number of aromatic amines is 1. The van der Waals surface area contributed by atoms with Crippen molar-refractivity contribution in [2.45, 2.75) is 95.9 Å². The van der Waals surface area contributed by atoms with Gasteiger partial charge in [0.1, 0.15) is 6.04 Å². The zero-order valence-electron chi connectivity index (χ0n) is 33.6. The summed E-state index contributed by atoms with van der Waals surface area (Å²) < 4.78 is 7.46. The average molecular weight is 779 g/mol. The number of H-pyrrole nitrogens is 1. The first kappa shape index (κ1) is 39.1. The molecular formula is C44H58N8O5. The number of amides is 3. The number of hydrogen-bond donors (Lipinski definition) is 2. The number of aromatic nitrogens is 3. The number of pyridine rings is 1. The van der Waals surface area contributed by atoms with Crippen LogP contribution in [0.25, 0.3) is 21.8 Å². The van der Waals surface area contributed by atoms with Crippen LogP contribution >= 0.6 is 0 Å². The van der Waals surface area contributed by atoms with E-state index in [0.717, 1.165) is 103 Å². The monoisotopic (exact) mass is 778 g/mol. The van der Waals surface area contributed by atoms with Gasteiger partial charge >= 0.3 is 12.0 Å². The largest absolute Gasteiger partial charge is 0.442 e. The predicted molar refractivity (Wildman–Crippen MR) is 220 cm³/mol. The molecule has 4 aromatic rings. The summed E-state index contributed by atoms with van der Waals surface area (Å²) in [6.45, 7) is 8.19. The number of para-hydroxylation sites is 1. The molecule has 3 amide bonds. The summed E-state index contributed by atoms with van der Waals surface area (Å²) >= 11 is 0. The smallest absolute Gasteiger partial charge is 0.318 e. The maximum atomic E-state index is 14.4. The summed E-state index contributed by atoms with van der Waals surface area (Å²) in [4.78, 5) is 65.9. The van der Waals surface area contributed by atoms with Crippen LogP contribution in [0.2, 0.25) is 0 Å². The van der Waals surface area contributed by atoms with Crippen molar-refractivity contribution in [3.8, 4) is 0 Å². The fourth-order valence-corrected chi connectivity index (χ4v) is 9.75. The lowest BCUT2D eigenvalue weighted by molar-refractivity contribution is -0.153. The summed E-state index contributed by atoms with van der Waals surface area (Å²) in [6.07, 6.45) is 10.8. The van der Waals surface area contributed by atoms with E-state index in [-0.39, 0.29) is 42.0 Å². The number of nitrogens with zero attached hydrogens (tertiary/aromatic N) is 6. The van der Waals surface area contributed by atoms with Gasteiger partial charge in [0.05, 0.1) is 17.6 Å². The maximum Gasteiger partial charge on any atom is 0.318 e. The van der Waals surface area contributed by atoms with Gasteiger partial charge in [0.2, 0.25) is 5.91 Å². The third-order valence-electron chi connectivity index (χ3n) is 13.1. The number of aryl methyl sites for hydroxylation is 1. The molecule has 57 heavy (non-hydrogen) atoms. The summed E-state index contributed by atoms with van der Waals surface area (Å²) in [5.41, 5.74) is 4.29. The van der Waals surface area contributed by atoms with Gasteiger partial charge in [-0.3, -0.25) is 19.3 Å². The standard InChI is InChI=1S/C44H58N8O5/c1-30-24-31(25-35-28-45-52(40(30)35)29-57-43(55)33-8-4-3-5-9-33)26-39(42(54)50-22-20-49(21-23-50)36-14-16-48(2)17-15-36)47-44(56)51-18-12-32(13-19-51)37-27-34-10-6-7-11-38(34)46-41(37)53/h6-7,10-11,24-25,27-28,32-33,36,39H,3-5,8-9,12-23,26,29H2,1-2H3,(H,46,53)(H,47,56)/t39-/m1/s1. The van der Waals surface area contributed by atoms with Crippen molar-refractivity contribution in [1.82, 2.24) is 39.7 Å². The number of piperidine rings is 2. The van der Waals surface area contributed by atoms with Gasteiger partial charge in [-0.1, -0.05) is 43.5 Å². The Bertz CT molecular complexity index is 2120. The molecule has 1 saturated carbocycles. The molecule has 3 aliphatic heterocycles. The molecule has 3 saturated heterocycles. The zero-order chi connectivity index (χ0) is 39.5. The third-order valence-corrected chi connectivity index (χ3v) is 13.1. The number of fused-ring (bicyclic) bond motifs is 2. The predicted octanol–water partition coefficient (Wildman–Crippen LogP) is 5.01. The lowest BCUT2D eigenvalue weighted by Gasteiger charge is -2.43. The van der Waals surface area contributed by atoms with E-state index in [1.807, 2.05) is 48.2 Å². The number of benzene rings is 2. The molecule has 0 unspecified atom stereocenters. The van der Waals surface area contributed by atoms with Crippen LogP contribution in [0, 0.1) is 12.8 Å². The van der Waals surface area contributed by atoms with Crippen molar-refractivity contribution in [2.75, 3.05) is 59.4 Å². The molecule has 13 heteroatoms. The highest BCUT2D eigenvalue weighted by molar-refractivity contribution is 5.88. The van der Waals surface area contributed by atoms with Crippen molar-refractivity contribution in [2.24, 2.45) is 5.92 Å². The minimum absolute atomic E-state index is 0.0319. The van der Waals surface area contributed by atoms with Crippen molar-refractivity contribution >= 4 is 39.7 Å². The molecule has 0 spiro atoms. The summed E-state index contributed by atoms with van der Waals surface area (Å²) in [7, 11) is 2.18. The van der Waals surface area contributed by atoms with E-state index < -0.39 is 6.04 Å². The van der Waals surface area contributed by atoms with Gasteiger partial charge in [-0.25, -0.2) is 9.48 Å². The third kappa shape index (κ3) is 8.89. The highest BCUT2D eigenvalue weighted by Crippen LogP contribution is 2.29. The molecule has 1 aliphatic carbocycles. The fourth-order valence-electron chi connectivity index (χ4n) is 9.75. The molecule has 4 aliphatic rings. The Kier molecular flexibility index (Phi) is 11.9. The summed E-state index contributed by atoms with van der Waals surface area (Å²) in [6, 6.07) is 13.4. The van der Waals surface area contributed by atoms with Crippen molar-refractivity contribution in [3.63, 3.8) is 0 Å². The Hall–Kier alpha value is -4.75. The summed E-state index contributed by atoms with van der Waals surface area (Å²) in [5.74, 6) is -0.196. The lowest BCUT2D eigenvalue weighted by Crippen LogP contribution is -2.59. The number of carbonyl (C=O) groups is 3. The van der Waals surface area contributed by atoms with Crippen LogP contribution < -0.4 is 10.9 Å². The van der Waals surface area contributed by atoms with Gasteiger partial charge in [-0.15, -0.1) is 0 Å². The second kappa shape index (κ2) is 17.4. The molecule has 1 atom stereocenters. The second-order valence-electron chi connectivity index (χ2n) is 16.9. The molecule has 4 fully saturated rings. The number of urea groups is 1. The van der Waals surface area contributed by atoms with Gasteiger partial charge < -0.3 is 29.7 Å². The molecule has 13 nitrogen and oxygen atoms in total. The van der Waals surface area contributed by atoms with E-state index in [4.69, 9.17) is 4.74 Å². The second-order valence-corrected chi connectivity index (χ2v) is 16.9. The van der Waals surface area contributed by atoms with Crippen LogP contribution in [-0.2, 0) is 27.5 Å². The van der Waals surface area contributed by atoms with E-state index in [1.54, 1.807) is 15.8 Å². The van der Waals surface area contributed by atoms with Gasteiger partial charge in [0.15, 0.2) is 6.73 Å². The van der Waals surface area contributed by atoms with Crippen molar-refractivity contribution in [3.05, 3.63) is 75.7 Å². The zero-order valence-corrected chi connectivity index (χ0v) is 33.6. The molecule has 2 aromatic heterocycles. The Morgan fingerprint density at radius 2 is 1.60 bits per heavy atom. The number of carbonyl (C=O) groups excluding carboxylic acids is 3. The Morgan fingerprint density at radius 3 is 2.35 bits per heavy atom. The Morgan fingerprint density at radius 1 is 0.860 bits per heavy atom. The Balaban J connectivity index is 0.953. The van der Waals surface area contributed by atoms with Crippen LogP contribution in [0.15, 0.2) is 53.5 Å². The van der Waals surface area contributed by atoms with Crippen LogP contribution in [0.5, 0.6) is 0 Å². The topological polar surface area (TPSA) is 136 Å². The van der Waals surface area contributed by atoms with Gasteiger partial charge in [-0.2, -0.15) is 5.10 Å². The minimum Gasteiger partial charge on any atom is -0.442 e. The number of esters is 1. The van der Waals surface area contributed by atoms with Crippen LogP contribution in [-0.4, -0.2) is 124 Å². The number of rotatable bonds is 9. The van der Waals surface area contributed by atoms with Gasteiger partial charge in [-0.05, 0) is 106 Å². The SMILES string of the molecule is Cc1cc(C[C@@H](NC(=O)N2CCC(c3cc4ccccc4[nH]c3=O)CC2)C(=O)N2CCN(C3CCN(C)CC3)CC2)cc2cnn(COC(=O)C3CCCCC3)c12. The number of likely N-dealkylation sites (tertiary alicyclic amines) is 2. The molecule has 8 rings (SSSR count). The Labute approximate surface area is 334 Å². The van der Waals surface area contributed by atoms with E-state index in [0.29, 0.717) is 51.5 Å². The number of piperazine rings is 1. The minimum atomic E-state index is -0.753. The van der Waals surface area contributed by atoms with E-state index in [1.165, 1.54) is 6.42 Å². The van der Waals surface area contributed by atoms with E-state index in [9.17, 15) is 19.2 Å². The number of nitrogens with one attached hydrogen (secondary N) is 2. The van der Waals surface area contributed by atoms with Crippen LogP contribution in [0.1, 0.15) is 80.4 Å². The molecule has 2 N–H and O–H groups in total. The molecule has 2 aromatic carbocycles. The highest BCUT2D eigenvalue weighted by atomic mass is 16.5.